The fourth-order valence-corrected chi connectivity index (χ4v) is 9.59. The Bertz CT molecular complexity index is 1760. The van der Waals surface area contributed by atoms with E-state index >= 15 is 0 Å². The Kier molecular flexibility index (Phi) is 7.41. The van der Waals surface area contributed by atoms with Crippen LogP contribution in [0.25, 0.3) is 16.5 Å². The third-order valence-corrected chi connectivity index (χ3v) is 11.3. The van der Waals surface area contributed by atoms with Crippen molar-refractivity contribution in [2.45, 2.75) is 56.7 Å². The number of hydrogen-bond donors (Lipinski definition) is 2. The molecule has 2 aliphatic rings. The van der Waals surface area contributed by atoms with E-state index in [-0.39, 0.29) is 29.5 Å². The van der Waals surface area contributed by atoms with Gasteiger partial charge >= 0.3 is 0 Å². The standard InChI is InChI=1S/C31H36N6O5Si/c1-5-14-36-26-11-10-23(37-29(39)24-9-7-6-8-21(24)18-32-37)17-25(26)31(30(36)40)20(2)28(43(3,4)41)27(42-31)12-15-35-19-22(13-16-38)33-34-35/h5-11,17-20,27-28,38,41H,1,12-16H2,2-4H3/t20-,27+,28-,31+/m1/s1. The summed E-state index contributed by atoms with van der Waals surface area (Å²) in [6, 6.07) is 12.8. The van der Waals surface area contributed by atoms with Gasteiger partial charge in [-0.3, -0.25) is 14.3 Å². The monoisotopic (exact) mass is 600 g/mol. The zero-order chi connectivity index (χ0) is 30.5. The van der Waals surface area contributed by atoms with Crippen LogP contribution in [0.1, 0.15) is 24.6 Å². The van der Waals surface area contributed by atoms with Crippen molar-refractivity contribution in [3.8, 4) is 5.69 Å². The number of fused-ring (bicyclic) bond motifs is 3. The molecule has 4 atom stereocenters. The van der Waals surface area contributed by atoms with Crippen molar-refractivity contribution in [1.29, 1.82) is 0 Å². The third kappa shape index (κ3) is 4.74. The summed E-state index contributed by atoms with van der Waals surface area (Å²) in [5.74, 6) is -0.565. The number of aryl methyl sites for hydroxylation is 1. The van der Waals surface area contributed by atoms with E-state index in [1.54, 1.807) is 40.2 Å². The molecule has 43 heavy (non-hydrogen) atoms. The summed E-state index contributed by atoms with van der Waals surface area (Å²) in [7, 11) is -2.86. The molecule has 2 aromatic carbocycles. The Morgan fingerprint density at radius 2 is 1.98 bits per heavy atom. The number of ether oxygens (including phenoxy) is 1. The first-order chi connectivity index (χ1) is 20.6. The SMILES string of the molecule is C=CCN1C(=O)[C@@]2(O[C@@H](CCn3cc(CCO)nn3)[C@H]([Si](C)(C)O)[C@H]2C)c2cc(-n3ncc4ccccc4c3=O)ccc21. The Hall–Kier alpha value is -3.97. The van der Waals surface area contributed by atoms with Crippen LogP contribution in [-0.2, 0) is 28.1 Å². The van der Waals surface area contributed by atoms with Crippen LogP contribution in [0.4, 0.5) is 5.69 Å². The van der Waals surface area contributed by atoms with Crippen LogP contribution in [0.5, 0.6) is 0 Å². The summed E-state index contributed by atoms with van der Waals surface area (Å²) in [6.07, 6.45) is 5.62. The molecule has 2 aromatic heterocycles. The van der Waals surface area contributed by atoms with Crippen molar-refractivity contribution in [2.24, 2.45) is 5.92 Å². The van der Waals surface area contributed by atoms with E-state index in [2.05, 4.69) is 22.0 Å². The van der Waals surface area contributed by atoms with Gasteiger partial charge in [-0.15, -0.1) is 11.7 Å². The van der Waals surface area contributed by atoms with Crippen molar-refractivity contribution in [2.75, 3.05) is 18.1 Å². The molecule has 1 amide bonds. The van der Waals surface area contributed by atoms with Crippen LogP contribution in [0.15, 0.2) is 72.3 Å². The molecular formula is C31H36N6O5Si. The molecule has 2 N–H and O–H groups in total. The lowest BCUT2D eigenvalue weighted by molar-refractivity contribution is -0.145. The van der Waals surface area contributed by atoms with Gasteiger partial charge in [0.25, 0.3) is 11.5 Å². The Morgan fingerprint density at radius 1 is 1.19 bits per heavy atom. The summed E-state index contributed by atoms with van der Waals surface area (Å²) in [5.41, 5.74) is 0.683. The van der Waals surface area contributed by atoms with Gasteiger partial charge in [0.1, 0.15) is 0 Å². The molecule has 1 saturated heterocycles. The van der Waals surface area contributed by atoms with Crippen molar-refractivity contribution in [3.63, 3.8) is 0 Å². The lowest BCUT2D eigenvalue weighted by Crippen LogP contribution is -2.46. The minimum Gasteiger partial charge on any atom is -0.432 e. The third-order valence-electron chi connectivity index (χ3n) is 8.82. The molecule has 6 rings (SSSR count). The first-order valence-electron chi connectivity index (χ1n) is 14.5. The predicted octanol–water partition coefficient (Wildman–Crippen LogP) is 2.93. The molecule has 2 aliphatic heterocycles. The van der Waals surface area contributed by atoms with E-state index in [0.717, 1.165) is 5.39 Å². The first-order valence-corrected chi connectivity index (χ1v) is 17.6. The Balaban J connectivity index is 1.44. The molecule has 0 aliphatic carbocycles. The molecule has 0 bridgehead atoms. The fourth-order valence-electron chi connectivity index (χ4n) is 6.99. The molecular weight excluding hydrogens is 564 g/mol. The average molecular weight is 601 g/mol. The fraction of sp³-hybridized carbons (Fsp3) is 0.387. The van der Waals surface area contributed by atoms with Crippen LogP contribution in [0.2, 0.25) is 18.6 Å². The van der Waals surface area contributed by atoms with E-state index in [1.807, 2.05) is 50.3 Å². The summed E-state index contributed by atoms with van der Waals surface area (Å²) in [4.78, 5) is 41.1. The molecule has 4 aromatic rings. The number of amides is 1. The maximum Gasteiger partial charge on any atom is 0.279 e. The highest BCUT2D eigenvalue weighted by Crippen LogP contribution is 2.59. The molecule has 224 valence electrons. The molecule has 11 nitrogen and oxygen atoms in total. The van der Waals surface area contributed by atoms with Gasteiger partial charge < -0.3 is 19.5 Å². The largest absolute Gasteiger partial charge is 0.432 e. The summed E-state index contributed by atoms with van der Waals surface area (Å²) in [6.45, 7) is 10.4. The van der Waals surface area contributed by atoms with Crippen molar-refractivity contribution < 1.29 is 19.4 Å². The van der Waals surface area contributed by atoms with E-state index in [0.29, 0.717) is 53.9 Å². The van der Waals surface area contributed by atoms with Crippen molar-refractivity contribution >= 4 is 30.7 Å². The molecule has 0 unspecified atom stereocenters. The lowest BCUT2D eigenvalue weighted by Gasteiger charge is -2.32. The number of benzene rings is 2. The quantitative estimate of drug-likeness (QED) is 0.221. The van der Waals surface area contributed by atoms with E-state index in [4.69, 9.17) is 4.74 Å². The van der Waals surface area contributed by atoms with Gasteiger partial charge in [0.2, 0.25) is 0 Å². The maximum absolute atomic E-state index is 14.4. The average Bonchev–Trinajstić information content (AvgIpc) is 3.62. The minimum absolute atomic E-state index is 0.0115. The molecule has 0 radical (unpaired) electrons. The summed E-state index contributed by atoms with van der Waals surface area (Å²) >= 11 is 0. The van der Waals surface area contributed by atoms with Gasteiger partial charge in [0.15, 0.2) is 13.9 Å². The van der Waals surface area contributed by atoms with Gasteiger partial charge in [-0.2, -0.15) is 9.78 Å². The second kappa shape index (κ2) is 10.9. The normalized spacial score (nSPS) is 23.4. The lowest BCUT2D eigenvalue weighted by atomic mass is 9.82. The van der Waals surface area contributed by atoms with Crippen LogP contribution in [0, 0.1) is 5.92 Å². The van der Waals surface area contributed by atoms with Crippen molar-refractivity contribution in [3.05, 3.63) is 89.1 Å². The second-order valence-corrected chi connectivity index (χ2v) is 15.9. The number of carbonyl (C=O) groups excluding carboxylic acids is 1. The van der Waals surface area contributed by atoms with Gasteiger partial charge in [0.05, 0.1) is 34.8 Å². The highest BCUT2D eigenvalue weighted by Gasteiger charge is 2.66. The number of nitrogens with zero attached hydrogens (tertiary/aromatic N) is 6. The number of hydrogen-bond acceptors (Lipinski definition) is 8. The number of aromatic nitrogens is 5. The number of aliphatic hydroxyl groups excluding tert-OH is 1. The topological polar surface area (TPSA) is 136 Å². The molecule has 1 fully saturated rings. The summed E-state index contributed by atoms with van der Waals surface area (Å²) in [5, 5.41) is 23.3. The number of carbonyl (C=O) groups is 1. The van der Waals surface area contributed by atoms with Gasteiger partial charge in [0, 0.05) is 54.7 Å². The minimum atomic E-state index is -2.86. The van der Waals surface area contributed by atoms with Crippen LogP contribution in [0.3, 0.4) is 0 Å². The van der Waals surface area contributed by atoms with E-state index in [1.165, 1.54) is 4.68 Å². The zero-order valence-corrected chi connectivity index (χ0v) is 25.6. The molecule has 4 heterocycles. The predicted molar refractivity (Wildman–Crippen MR) is 164 cm³/mol. The first kappa shape index (κ1) is 29.1. The van der Waals surface area contributed by atoms with Gasteiger partial charge in [-0.05, 0) is 43.8 Å². The van der Waals surface area contributed by atoms with Gasteiger partial charge in [-0.1, -0.05) is 36.4 Å². The van der Waals surface area contributed by atoms with Crippen LogP contribution >= 0.6 is 0 Å². The number of anilines is 1. The van der Waals surface area contributed by atoms with Gasteiger partial charge in [-0.25, -0.2) is 0 Å². The second-order valence-electron chi connectivity index (χ2n) is 11.9. The molecule has 12 heteroatoms. The number of aliphatic hydroxyl groups is 1. The smallest absolute Gasteiger partial charge is 0.279 e. The molecule has 1 spiro atoms. The highest BCUT2D eigenvalue weighted by molar-refractivity contribution is 6.71. The summed E-state index contributed by atoms with van der Waals surface area (Å²) < 4.78 is 9.94. The zero-order valence-electron chi connectivity index (χ0n) is 24.6. The highest BCUT2D eigenvalue weighted by atomic mass is 28.4. The van der Waals surface area contributed by atoms with E-state index in [9.17, 15) is 19.5 Å². The van der Waals surface area contributed by atoms with Crippen LogP contribution < -0.4 is 10.5 Å². The Labute approximate surface area is 250 Å². The number of rotatable bonds is 9. The molecule has 0 saturated carbocycles. The van der Waals surface area contributed by atoms with E-state index < -0.39 is 20.0 Å². The van der Waals surface area contributed by atoms with Crippen LogP contribution in [-0.4, -0.2) is 68.2 Å². The Morgan fingerprint density at radius 3 is 2.72 bits per heavy atom. The van der Waals surface area contributed by atoms with Crippen molar-refractivity contribution in [1.82, 2.24) is 24.8 Å². The maximum atomic E-state index is 14.4.